The average Bonchev–Trinajstić information content (AvgIpc) is 2.46. The SMILES string of the molecule is Cc1cccc2nc(/C=C/c3ccccc3)[nH]c(=O)c12. The molecule has 0 fully saturated rings. The first-order valence-electron chi connectivity index (χ1n) is 6.47. The first-order chi connectivity index (χ1) is 9.74. The quantitative estimate of drug-likeness (QED) is 0.769. The first kappa shape index (κ1) is 12.4. The number of hydrogen-bond acceptors (Lipinski definition) is 2. The smallest absolute Gasteiger partial charge is 0.259 e. The molecule has 1 aromatic heterocycles. The van der Waals surface area contributed by atoms with Crippen molar-refractivity contribution < 1.29 is 0 Å². The molecule has 0 unspecified atom stereocenters. The third kappa shape index (κ3) is 2.38. The van der Waals surface area contributed by atoms with Gasteiger partial charge >= 0.3 is 0 Å². The molecule has 2 aromatic carbocycles. The van der Waals surface area contributed by atoms with Crippen molar-refractivity contribution in [1.82, 2.24) is 9.97 Å². The summed E-state index contributed by atoms with van der Waals surface area (Å²) in [5, 5.41) is 0.657. The molecular formula is C17H14N2O. The Kier molecular flexibility index (Phi) is 3.17. The number of nitrogens with one attached hydrogen (secondary N) is 1. The van der Waals surface area contributed by atoms with Gasteiger partial charge in [-0.2, -0.15) is 0 Å². The highest BCUT2D eigenvalue weighted by atomic mass is 16.1. The summed E-state index contributed by atoms with van der Waals surface area (Å²) < 4.78 is 0. The highest BCUT2D eigenvalue weighted by Gasteiger charge is 2.04. The Morgan fingerprint density at radius 3 is 2.60 bits per heavy atom. The highest BCUT2D eigenvalue weighted by Crippen LogP contribution is 2.12. The molecule has 1 N–H and O–H groups in total. The molecule has 0 aliphatic carbocycles. The Balaban J connectivity index is 2.06. The molecule has 0 saturated heterocycles. The standard InChI is InChI=1S/C17H14N2O/c1-12-6-5-9-14-16(12)17(20)19-15(18-14)11-10-13-7-3-2-4-8-13/h2-11H,1H3,(H,18,19,20)/b11-10+. The summed E-state index contributed by atoms with van der Waals surface area (Å²) in [7, 11) is 0. The van der Waals surface area contributed by atoms with E-state index in [-0.39, 0.29) is 5.56 Å². The number of fused-ring (bicyclic) bond motifs is 1. The van der Waals surface area contributed by atoms with E-state index < -0.39 is 0 Å². The van der Waals surface area contributed by atoms with Crippen molar-refractivity contribution in [2.75, 3.05) is 0 Å². The lowest BCUT2D eigenvalue weighted by Gasteiger charge is -2.01. The fourth-order valence-electron chi connectivity index (χ4n) is 2.20. The molecule has 0 saturated carbocycles. The van der Waals surface area contributed by atoms with E-state index in [1.165, 1.54) is 0 Å². The van der Waals surface area contributed by atoms with Crippen molar-refractivity contribution >= 4 is 23.1 Å². The van der Waals surface area contributed by atoms with Crippen molar-refractivity contribution in [3.05, 3.63) is 75.8 Å². The van der Waals surface area contributed by atoms with Gasteiger partial charge in [0.1, 0.15) is 5.82 Å². The Morgan fingerprint density at radius 1 is 1.00 bits per heavy atom. The van der Waals surface area contributed by atoms with E-state index in [2.05, 4.69) is 9.97 Å². The maximum atomic E-state index is 12.1. The molecule has 0 spiro atoms. The van der Waals surface area contributed by atoms with Crippen LogP contribution in [0.2, 0.25) is 0 Å². The summed E-state index contributed by atoms with van der Waals surface area (Å²) in [5.41, 5.74) is 2.64. The molecule has 0 radical (unpaired) electrons. The molecule has 3 aromatic rings. The lowest BCUT2D eigenvalue weighted by molar-refractivity contribution is 1.14. The second-order valence-corrected chi connectivity index (χ2v) is 4.66. The zero-order chi connectivity index (χ0) is 13.9. The van der Waals surface area contributed by atoms with E-state index in [4.69, 9.17) is 0 Å². The van der Waals surface area contributed by atoms with Gasteiger partial charge in [-0.05, 0) is 30.2 Å². The molecule has 98 valence electrons. The van der Waals surface area contributed by atoms with Crippen molar-refractivity contribution in [3.63, 3.8) is 0 Å². The number of hydrogen-bond donors (Lipinski definition) is 1. The van der Waals surface area contributed by atoms with Crippen molar-refractivity contribution in [2.45, 2.75) is 6.92 Å². The minimum atomic E-state index is -0.0965. The largest absolute Gasteiger partial charge is 0.306 e. The molecule has 3 nitrogen and oxygen atoms in total. The molecule has 1 heterocycles. The van der Waals surface area contributed by atoms with Gasteiger partial charge in [0.2, 0.25) is 0 Å². The summed E-state index contributed by atoms with van der Waals surface area (Å²) in [6.07, 6.45) is 3.75. The number of aryl methyl sites for hydroxylation is 1. The van der Waals surface area contributed by atoms with Crippen LogP contribution in [0.3, 0.4) is 0 Å². The van der Waals surface area contributed by atoms with Crippen molar-refractivity contribution in [1.29, 1.82) is 0 Å². The highest BCUT2D eigenvalue weighted by molar-refractivity contribution is 5.82. The van der Waals surface area contributed by atoms with Gasteiger partial charge in [-0.25, -0.2) is 4.98 Å². The van der Waals surface area contributed by atoms with E-state index in [0.29, 0.717) is 11.2 Å². The van der Waals surface area contributed by atoms with E-state index in [9.17, 15) is 4.79 Å². The number of benzene rings is 2. The van der Waals surface area contributed by atoms with Crippen LogP contribution < -0.4 is 5.56 Å². The van der Waals surface area contributed by atoms with Crippen LogP contribution >= 0.6 is 0 Å². The van der Waals surface area contributed by atoms with Gasteiger partial charge in [0.05, 0.1) is 10.9 Å². The maximum absolute atomic E-state index is 12.1. The van der Waals surface area contributed by atoms with Gasteiger partial charge in [0.15, 0.2) is 0 Å². The Hall–Kier alpha value is -2.68. The average molecular weight is 262 g/mol. The molecule has 0 amide bonds. The van der Waals surface area contributed by atoms with Crippen LogP contribution in [0, 0.1) is 6.92 Å². The predicted octanol–water partition coefficient (Wildman–Crippen LogP) is 3.40. The van der Waals surface area contributed by atoms with Gasteiger partial charge in [-0.3, -0.25) is 4.79 Å². The summed E-state index contributed by atoms with van der Waals surface area (Å²) in [6.45, 7) is 1.92. The molecule has 0 aliphatic rings. The van der Waals surface area contributed by atoms with Gasteiger partial charge in [-0.15, -0.1) is 0 Å². The number of rotatable bonds is 2. The van der Waals surface area contributed by atoms with Crippen molar-refractivity contribution in [3.8, 4) is 0 Å². The monoisotopic (exact) mass is 262 g/mol. The van der Waals surface area contributed by atoms with Gasteiger partial charge in [0, 0.05) is 0 Å². The molecule has 0 atom stereocenters. The van der Waals surface area contributed by atoms with Crippen LogP contribution in [0.15, 0.2) is 53.3 Å². The van der Waals surface area contributed by atoms with Gasteiger partial charge < -0.3 is 4.98 Å². The number of aromatic amines is 1. The summed E-state index contributed by atoms with van der Waals surface area (Å²) in [6, 6.07) is 15.6. The lowest BCUT2D eigenvalue weighted by Crippen LogP contribution is -2.10. The van der Waals surface area contributed by atoms with Crippen LogP contribution in [0.5, 0.6) is 0 Å². The Labute approximate surface area is 116 Å². The summed E-state index contributed by atoms with van der Waals surface area (Å²) in [4.78, 5) is 19.4. The normalized spacial score (nSPS) is 11.2. The van der Waals surface area contributed by atoms with Crippen LogP contribution in [0.25, 0.3) is 23.1 Å². The second-order valence-electron chi connectivity index (χ2n) is 4.66. The van der Waals surface area contributed by atoms with Gasteiger partial charge in [-0.1, -0.05) is 48.5 Å². The predicted molar refractivity (Wildman–Crippen MR) is 82.5 cm³/mol. The molecular weight excluding hydrogens is 248 g/mol. The molecule has 3 heteroatoms. The Bertz CT molecular complexity index is 832. The van der Waals surface area contributed by atoms with Crippen LogP contribution in [0.4, 0.5) is 0 Å². The van der Waals surface area contributed by atoms with Crippen LogP contribution in [0.1, 0.15) is 17.0 Å². The first-order valence-corrected chi connectivity index (χ1v) is 6.47. The molecule has 3 rings (SSSR count). The van der Waals surface area contributed by atoms with Gasteiger partial charge in [0.25, 0.3) is 5.56 Å². The minimum absolute atomic E-state index is 0.0965. The zero-order valence-corrected chi connectivity index (χ0v) is 11.1. The maximum Gasteiger partial charge on any atom is 0.259 e. The van der Waals surface area contributed by atoms with Crippen LogP contribution in [-0.4, -0.2) is 9.97 Å². The van der Waals surface area contributed by atoms with E-state index >= 15 is 0 Å². The summed E-state index contributed by atoms with van der Waals surface area (Å²) in [5.74, 6) is 0.567. The third-order valence-corrected chi connectivity index (χ3v) is 3.19. The number of nitrogens with zero attached hydrogens (tertiary/aromatic N) is 1. The fraction of sp³-hybridized carbons (Fsp3) is 0.0588. The topological polar surface area (TPSA) is 45.8 Å². The fourth-order valence-corrected chi connectivity index (χ4v) is 2.20. The van der Waals surface area contributed by atoms with Crippen molar-refractivity contribution in [2.24, 2.45) is 0 Å². The minimum Gasteiger partial charge on any atom is -0.306 e. The zero-order valence-electron chi connectivity index (χ0n) is 11.1. The lowest BCUT2D eigenvalue weighted by atomic mass is 10.1. The number of H-pyrrole nitrogens is 1. The third-order valence-electron chi connectivity index (χ3n) is 3.19. The number of aromatic nitrogens is 2. The molecule has 0 aliphatic heterocycles. The van der Waals surface area contributed by atoms with E-state index in [1.54, 1.807) is 0 Å². The Morgan fingerprint density at radius 2 is 1.80 bits per heavy atom. The van der Waals surface area contributed by atoms with Crippen LogP contribution in [-0.2, 0) is 0 Å². The van der Waals surface area contributed by atoms with E-state index in [0.717, 1.165) is 16.6 Å². The summed E-state index contributed by atoms with van der Waals surface area (Å²) >= 11 is 0. The second kappa shape index (κ2) is 5.13. The van der Waals surface area contributed by atoms with E-state index in [1.807, 2.05) is 67.6 Å². The molecule has 20 heavy (non-hydrogen) atoms. The molecule has 0 bridgehead atoms.